The van der Waals surface area contributed by atoms with Gasteiger partial charge in [0.15, 0.2) is 0 Å². The van der Waals surface area contributed by atoms with Gasteiger partial charge in [-0.2, -0.15) is 0 Å². The molecule has 0 fully saturated rings. The molecule has 2 nitrogen and oxygen atoms in total. The molecule has 0 aliphatic carbocycles. The van der Waals surface area contributed by atoms with Crippen LogP contribution in [-0.4, -0.2) is 9.97 Å². The molecule has 16 heavy (non-hydrogen) atoms. The average Bonchev–Trinajstić information content (AvgIpc) is 2.37. The summed E-state index contributed by atoms with van der Waals surface area (Å²) in [6.07, 6.45) is 3.61. The van der Waals surface area contributed by atoms with Crippen molar-refractivity contribution < 1.29 is 0 Å². The molecule has 6 heteroatoms. The van der Waals surface area contributed by atoms with Crippen molar-refractivity contribution in [3.63, 3.8) is 0 Å². The van der Waals surface area contributed by atoms with Crippen LogP contribution in [0.5, 0.6) is 0 Å². The predicted molar refractivity (Wildman–Crippen MR) is 75.4 cm³/mol. The second-order valence-electron chi connectivity index (χ2n) is 2.64. The topological polar surface area (TPSA) is 25.8 Å². The van der Waals surface area contributed by atoms with Crippen molar-refractivity contribution in [2.24, 2.45) is 0 Å². The quantitative estimate of drug-likeness (QED) is 0.589. The molecule has 2 aromatic rings. The van der Waals surface area contributed by atoms with Crippen molar-refractivity contribution in [2.45, 2.75) is 10.1 Å². The Morgan fingerprint density at radius 1 is 0.688 bits per heavy atom. The molecule has 82 valence electrons. The molecule has 0 bridgehead atoms. The summed E-state index contributed by atoms with van der Waals surface area (Å²) < 4.78 is 0. The van der Waals surface area contributed by atoms with Crippen molar-refractivity contribution in [1.29, 1.82) is 0 Å². The zero-order valence-electron chi connectivity index (χ0n) is 8.15. The fourth-order valence-corrected chi connectivity index (χ4v) is 5.99. The van der Waals surface area contributed by atoms with E-state index in [2.05, 4.69) is 9.97 Å². The Kier molecular flexibility index (Phi) is 5.41. The van der Waals surface area contributed by atoms with Gasteiger partial charge in [-0.05, 0) is 65.5 Å². The first-order valence-electron chi connectivity index (χ1n) is 4.45. The molecule has 0 aliphatic rings. The van der Waals surface area contributed by atoms with Gasteiger partial charge in [0.1, 0.15) is 10.1 Å². The molecule has 0 aromatic carbocycles. The Morgan fingerprint density at radius 2 is 1.19 bits per heavy atom. The lowest BCUT2D eigenvalue weighted by atomic mass is 10.5. The molecule has 0 unspecified atom stereocenters. The molecule has 0 saturated heterocycles. The first kappa shape index (κ1) is 12.2. The normalized spacial score (nSPS) is 10.2. The monoisotopic (exact) mass is 284 g/mol. The van der Waals surface area contributed by atoms with Gasteiger partial charge in [-0.15, -0.1) is 0 Å². The standard InChI is InChI=1S/C10H8N2S4/c1-3-7-11-9(5-1)13-15-16-14-10-6-2-4-8-12-10/h1-8H. The van der Waals surface area contributed by atoms with Crippen LogP contribution in [0, 0.1) is 0 Å². The van der Waals surface area contributed by atoms with Gasteiger partial charge in [-0.25, -0.2) is 9.97 Å². The Balaban J connectivity index is 1.70. The van der Waals surface area contributed by atoms with Gasteiger partial charge in [-0.1, -0.05) is 12.1 Å². The SMILES string of the molecule is c1ccc(SSSSc2ccccn2)nc1. The van der Waals surface area contributed by atoms with Crippen molar-refractivity contribution in [3.8, 4) is 0 Å². The molecule has 2 aromatic heterocycles. The highest BCUT2D eigenvalue weighted by molar-refractivity contribution is 9.26. The summed E-state index contributed by atoms with van der Waals surface area (Å²) in [6.45, 7) is 0. The van der Waals surface area contributed by atoms with Gasteiger partial charge >= 0.3 is 0 Å². The summed E-state index contributed by atoms with van der Waals surface area (Å²) in [5.74, 6) is 0. The third kappa shape index (κ3) is 4.29. The van der Waals surface area contributed by atoms with E-state index >= 15 is 0 Å². The van der Waals surface area contributed by atoms with E-state index in [1.54, 1.807) is 53.6 Å². The summed E-state index contributed by atoms with van der Waals surface area (Å²) >= 11 is 0. The molecule has 0 aliphatic heterocycles. The molecule has 0 amide bonds. The van der Waals surface area contributed by atoms with Gasteiger partial charge in [-0.3, -0.25) is 0 Å². The lowest BCUT2D eigenvalue weighted by Crippen LogP contribution is -1.72. The maximum atomic E-state index is 4.23. The molecule has 2 heterocycles. The van der Waals surface area contributed by atoms with E-state index in [0.717, 1.165) is 10.1 Å². The van der Waals surface area contributed by atoms with Gasteiger partial charge in [0, 0.05) is 12.4 Å². The van der Waals surface area contributed by atoms with Gasteiger partial charge in [0.25, 0.3) is 0 Å². The summed E-state index contributed by atoms with van der Waals surface area (Å²) in [7, 11) is 6.71. The number of pyridine rings is 2. The number of hydrogen-bond acceptors (Lipinski definition) is 6. The van der Waals surface area contributed by atoms with Crippen LogP contribution in [0.25, 0.3) is 0 Å². The summed E-state index contributed by atoms with van der Waals surface area (Å²) in [5, 5.41) is 2.06. The van der Waals surface area contributed by atoms with Crippen LogP contribution >= 0.6 is 41.2 Å². The minimum atomic E-state index is 1.03. The van der Waals surface area contributed by atoms with E-state index in [1.807, 2.05) is 36.4 Å². The molecular weight excluding hydrogens is 276 g/mol. The van der Waals surface area contributed by atoms with Gasteiger partial charge < -0.3 is 0 Å². The van der Waals surface area contributed by atoms with Crippen LogP contribution in [0.1, 0.15) is 0 Å². The first-order valence-corrected chi connectivity index (χ1v) is 9.27. The van der Waals surface area contributed by atoms with E-state index in [9.17, 15) is 0 Å². The zero-order chi connectivity index (χ0) is 11.1. The molecular formula is C10H8N2S4. The van der Waals surface area contributed by atoms with Crippen molar-refractivity contribution in [1.82, 2.24) is 9.97 Å². The van der Waals surface area contributed by atoms with E-state index in [1.165, 1.54) is 0 Å². The van der Waals surface area contributed by atoms with E-state index in [0.29, 0.717) is 0 Å². The fraction of sp³-hybridized carbons (Fsp3) is 0. The summed E-state index contributed by atoms with van der Waals surface area (Å²) in [4.78, 5) is 8.45. The first-order chi connectivity index (χ1) is 7.95. The predicted octanol–water partition coefficient (Wildman–Crippen LogP) is 4.57. The summed E-state index contributed by atoms with van der Waals surface area (Å²) in [6, 6.07) is 11.8. The Bertz CT molecular complexity index is 368. The molecule has 2 rings (SSSR count). The maximum absolute atomic E-state index is 4.23. The average molecular weight is 284 g/mol. The highest BCUT2D eigenvalue weighted by atomic mass is 33.7. The fourth-order valence-electron chi connectivity index (χ4n) is 0.890. The van der Waals surface area contributed by atoms with Gasteiger partial charge in [0.2, 0.25) is 0 Å². The summed E-state index contributed by atoms with van der Waals surface area (Å²) in [5.41, 5.74) is 0. The van der Waals surface area contributed by atoms with Crippen LogP contribution in [0.2, 0.25) is 0 Å². The second kappa shape index (κ2) is 7.11. The zero-order valence-corrected chi connectivity index (χ0v) is 11.4. The lowest BCUT2D eigenvalue weighted by molar-refractivity contribution is 1.14. The highest BCUT2D eigenvalue weighted by Gasteiger charge is 1.98. The van der Waals surface area contributed by atoms with E-state index in [-0.39, 0.29) is 0 Å². The lowest BCUT2D eigenvalue weighted by Gasteiger charge is -1.98. The Morgan fingerprint density at radius 3 is 1.56 bits per heavy atom. The van der Waals surface area contributed by atoms with Crippen LogP contribution in [0.15, 0.2) is 58.8 Å². The number of aromatic nitrogens is 2. The maximum Gasteiger partial charge on any atom is 0.107 e. The molecule has 0 atom stereocenters. The van der Waals surface area contributed by atoms with Crippen molar-refractivity contribution in [3.05, 3.63) is 48.8 Å². The third-order valence-electron chi connectivity index (χ3n) is 1.54. The van der Waals surface area contributed by atoms with Crippen LogP contribution in [0.3, 0.4) is 0 Å². The molecule has 0 spiro atoms. The van der Waals surface area contributed by atoms with Crippen LogP contribution in [0.4, 0.5) is 0 Å². The van der Waals surface area contributed by atoms with E-state index in [4.69, 9.17) is 0 Å². The van der Waals surface area contributed by atoms with Crippen LogP contribution in [-0.2, 0) is 0 Å². The number of nitrogens with zero attached hydrogens (tertiary/aromatic N) is 2. The Hall–Kier alpha value is -0.300. The van der Waals surface area contributed by atoms with Gasteiger partial charge in [0.05, 0.1) is 0 Å². The highest BCUT2D eigenvalue weighted by Crippen LogP contribution is 2.48. The van der Waals surface area contributed by atoms with Crippen LogP contribution < -0.4 is 0 Å². The van der Waals surface area contributed by atoms with Crippen molar-refractivity contribution in [2.75, 3.05) is 0 Å². The smallest absolute Gasteiger partial charge is 0.107 e. The largest absolute Gasteiger partial charge is 0.249 e. The number of hydrogen-bond donors (Lipinski definition) is 0. The minimum Gasteiger partial charge on any atom is -0.249 e. The molecule has 0 N–H and O–H groups in total. The Labute approximate surface area is 110 Å². The molecule has 0 radical (unpaired) electrons. The molecule has 0 saturated carbocycles. The van der Waals surface area contributed by atoms with E-state index < -0.39 is 0 Å². The third-order valence-corrected chi connectivity index (χ3v) is 7.38. The van der Waals surface area contributed by atoms with Crippen molar-refractivity contribution >= 4 is 41.2 Å². The second-order valence-corrected chi connectivity index (χ2v) is 8.35. The minimum absolute atomic E-state index is 1.03. The number of rotatable bonds is 5.